The molecule has 0 radical (unpaired) electrons. The van der Waals surface area contributed by atoms with Crippen molar-refractivity contribution in [2.75, 3.05) is 26.6 Å². The van der Waals surface area contributed by atoms with Gasteiger partial charge in [0.05, 0.1) is 26.4 Å². The van der Waals surface area contributed by atoms with Crippen molar-refractivity contribution < 1.29 is 22.7 Å². The Balaban J connectivity index is 2.40. The fraction of sp³-hybridized carbons (Fsp3) is 0.231. The summed E-state index contributed by atoms with van der Waals surface area (Å²) in [4.78, 5) is 16.2. The second kappa shape index (κ2) is 8.60. The number of sulfonamides is 1. The molecule has 0 saturated heterocycles. The molecular weight excluding hydrogens is 388 g/mol. The summed E-state index contributed by atoms with van der Waals surface area (Å²) in [5.74, 6) is -0.408. The number of hydrogen-bond donors (Lipinski definition) is 2. The third kappa shape index (κ3) is 4.91. The lowest BCUT2D eigenvalue weighted by Gasteiger charge is -2.10. The van der Waals surface area contributed by atoms with Crippen molar-refractivity contribution in [2.24, 2.45) is 4.40 Å². The molecule has 11 nitrogen and oxygen atoms in total. The number of guanidine groups is 1. The summed E-state index contributed by atoms with van der Waals surface area (Å²) in [5, 5.41) is 2.57. The van der Waals surface area contributed by atoms with Crippen molar-refractivity contribution in [3.05, 3.63) is 29.3 Å². The number of nitrogens with one attached hydrogen (secondary N) is 2. The first-order chi connectivity index (χ1) is 12.4. The first-order valence-electron chi connectivity index (χ1n) is 6.89. The topological polar surface area (TPSA) is 137 Å². The van der Waals surface area contributed by atoms with Gasteiger partial charge in [-0.15, -0.1) is 9.38 Å². The van der Waals surface area contributed by atoms with E-state index in [1.165, 1.54) is 39.5 Å². The highest BCUT2D eigenvalue weighted by atomic mass is 35.5. The molecule has 0 atom stereocenters. The summed E-state index contributed by atoms with van der Waals surface area (Å²) in [6.07, 6.45) is 0. The number of halogens is 1. The van der Waals surface area contributed by atoms with Gasteiger partial charge in [-0.2, -0.15) is 18.4 Å². The number of hydroxylamine groups is 1. The predicted octanol–water partition coefficient (Wildman–Crippen LogP) is 0.850. The Morgan fingerprint density at radius 3 is 2.23 bits per heavy atom. The smallest absolute Gasteiger partial charge is 0.324 e. The number of anilines is 1. The molecule has 2 aromatic rings. The van der Waals surface area contributed by atoms with E-state index in [4.69, 9.17) is 25.9 Å². The molecule has 0 fully saturated rings. The quantitative estimate of drug-likeness (QED) is 0.406. The molecule has 1 aromatic heterocycles. The van der Waals surface area contributed by atoms with Gasteiger partial charge in [-0.3, -0.25) is 10.2 Å². The van der Waals surface area contributed by atoms with E-state index >= 15 is 0 Å². The second-order valence-corrected chi connectivity index (χ2v) is 6.39. The lowest BCUT2D eigenvalue weighted by atomic mass is 10.4. The van der Waals surface area contributed by atoms with Crippen LogP contribution in [0.15, 0.2) is 33.6 Å². The van der Waals surface area contributed by atoms with E-state index in [0.29, 0.717) is 0 Å². The summed E-state index contributed by atoms with van der Waals surface area (Å²) in [6, 6.07) is 5.77. The number of ether oxygens (including phenoxy) is 2. The van der Waals surface area contributed by atoms with Crippen LogP contribution in [0, 0.1) is 0 Å². The van der Waals surface area contributed by atoms with Gasteiger partial charge < -0.3 is 9.47 Å². The van der Waals surface area contributed by atoms with E-state index in [2.05, 4.69) is 30.1 Å². The minimum Gasteiger partial charge on any atom is -0.467 e. The van der Waals surface area contributed by atoms with E-state index in [1.807, 2.05) is 0 Å². The summed E-state index contributed by atoms with van der Waals surface area (Å²) in [6.45, 7) is 0. The van der Waals surface area contributed by atoms with E-state index in [0.717, 1.165) is 0 Å². The summed E-state index contributed by atoms with van der Waals surface area (Å²) >= 11 is 5.92. The average molecular weight is 403 g/mol. The maximum absolute atomic E-state index is 12.5. The van der Waals surface area contributed by atoms with Crippen molar-refractivity contribution in [3.63, 3.8) is 0 Å². The summed E-state index contributed by atoms with van der Waals surface area (Å²) < 4.78 is 38.4. The van der Waals surface area contributed by atoms with E-state index < -0.39 is 10.0 Å². The van der Waals surface area contributed by atoms with Gasteiger partial charge >= 0.3 is 12.0 Å². The molecule has 2 N–H and O–H groups in total. The first-order valence-corrected chi connectivity index (χ1v) is 8.71. The lowest BCUT2D eigenvalue weighted by Crippen LogP contribution is -2.31. The van der Waals surface area contributed by atoms with E-state index in [1.54, 1.807) is 6.07 Å². The third-order valence-electron chi connectivity index (χ3n) is 2.71. The van der Waals surface area contributed by atoms with Gasteiger partial charge in [0.25, 0.3) is 10.0 Å². The number of rotatable bonds is 6. The molecule has 0 aliphatic carbocycles. The summed E-state index contributed by atoms with van der Waals surface area (Å²) in [5.41, 5.74) is 2.29. The predicted molar refractivity (Wildman–Crippen MR) is 92.8 cm³/mol. The van der Waals surface area contributed by atoms with Crippen LogP contribution < -0.4 is 20.3 Å². The van der Waals surface area contributed by atoms with Crippen LogP contribution in [-0.4, -0.2) is 50.7 Å². The fourth-order valence-corrected chi connectivity index (χ4v) is 3.08. The molecule has 1 heterocycles. The van der Waals surface area contributed by atoms with Crippen LogP contribution in [-0.2, 0) is 14.9 Å². The molecule has 0 amide bonds. The average Bonchev–Trinajstić information content (AvgIpc) is 2.61. The fourth-order valence-electron chi connectivity index (χ4n) is 1.67. The Morgan fingerprint density at radius 1 is 1.08 bits per heavy atom. The number of nitrogens with zero attached hydrogens (tertiary/aromatic N) is 4. The molecule has 0 aliphatic rings. The van der Waals surface area contributed by atoms with Gasteiger partial charge in [0.15, 0.2) is 0 Å². The van der Waals surface area contributed by atoms with Gasteiger partial charge in [-0.25, -0.2) is 5.48 Å². The van der Waals surface area contributed by atoms with Gasteiger partial charge in [-0.05, 0) is 12.1 Å². The minimum atomic E-state index is -4.15. The number of hydrogen-bond acceptors (Lipinski definition) is 8. The molecule has 26 heavy (non-hydrogen) atoms. The molecule has 0 aliphatic heterocycles. The molecule has 0 unspecified atom stereocenters. The number of benzene rings is 1. The number of methoxy groups -OCH3 is 2. The van der Waals surface area contributed by atoms with Crippen LogP contribution in [0.2, 0.25) is 5.02 Å². The minimum absolute atomic E-state index is 0.0246. The van der Waals surface area contributed by atoms with Crippen molar-refractivity contribution >= 4 is 33.5 Å². The van der Waals surface area contributed by atoms with Crippen molar-refractivity contribution in [1.29, 1.82) is 0 Å². The van der Waals surface area contributed by atoms with Crippen LogP contribution in [0.4, 0.5) is 5.95 Å². The highest BCUT2D eigenvalue weighted by molar-refractivity contribution is 7.90. The highest BCUT2D eigenvalue weighted by Gasteiger charge is 2.19. The molecule has 2 rings (SSSR count). The molecule has 140 valence electrons. The monoisotopic (exact) mass is 402 g/mol. The zero-order valence-electron chi connectivity index (χ0n) is 13.9. The normalized spacial score (nSPS) is 11.8. The molecule has 0 spiro atoms. The molecule has 1 aromatic carbocycles. The zero-order valence-corrected chi connectivity index (χ0v) is 15.5. The Hall–Kier alpha value is -2.70. The Labute approximate surface area is 154 Å². The molecule has 0 saturated carbocycles. The maximum atomic E-state index is 12.5. The standard InChI is InChI=1S/C13H15ClN6O5S/c1-23-12-16-10(17-13(18-12)24-2)15-11(19-25-3)20-26(21,22)9-7-5-4-6-8(9)14/h4-7H,1-3H3,(H2,15,16,17,18,19,20). The molecule has 0 bridgehead atoms. The van der Waals surface area contributed by atoms with Crippen LogP contribution in [0.5, 0.6) is 12.0 Å². The van der Waals surface area contributed by atoms with Gasteiger partial charge in [0.1, 0.15) is 4.90 Å². The SMILES string of the molecule is CONC(=NS(=O)(=O)c1ccccc1Cl)Nc1nc(OC)nc(OC)n1. The van der Waals surface area contributed by atoms with Gasteiger partial charge in [-0.1, -0.05) is 23.7 Å². The van der Waals surface area contributed by atoms with Gasteiger partial charge in [0, 0.05) is 0 Å². The zero-order chi connectivity index (χ0) is 19.2. The van der Waals surface area contributed by atoms with Crippen molar-refractivity contribution in [2.45, 2.75) is 4.90 Å². The van der Waals surface area contributed by atoms with Crippen LogP contribution in [0.1, 0.15) is 0 Å². The van der Waals surface area contributed by atoms with Crippen LogP contribution in [0.25, 0.3) is 0 Å². The third-order valence-corrected chi connectivity index (χ3v) is 4.49. The maximum Gasteiger partial charge on any atom is 0.324 e. The van der Waals surface area contributed by atoms with E-state index in [-0.39, 0.29) is 33.8 Å². The van der Waals surface area contributed by atoms with Crippen LogP contribution in [0.3, 0.4) is 0 Å². The van der Waals surface area contributed by atoms with Crippen LogP contribution >= 0.6 is 11.6 Å². The molecular formula is C13H15ClN6O5S. The lowest BCUT2D eigenvalue weighted by molar-refractivity contribution is 0.144. The molecule has 13 heteroatoms. The Kier molecular flexibility index (Phi) is 6.49. The number of aromatic nitrogens is 3. The summed E-state index contributed by atoms with van der Waals surface area (Å²) in [7, 11) is -0.175. The first kappa shape index (κ1) is 19.6. The van der Waals surface area contributed by atoms with Gasteiger partial charge in [0.2, 0.25) is 11.9 Å². The second-order valence-electron chi connectivity index (χ2n) is 4.41. The Morgan fingerprint density at radius 2 is 1.69 bits per heavy atom. The highest BCUT2D eigenvalue weighted by Crippen LogP contribution is 2.22. The Bertz CT molecular complexity index is 885. The van der Waals surface area contributed by atoms with Crippen molar-refractivity contribution in [1.82, 2.24) is 20.4 Å². The van der Waals surface area contributed by atoms with E-state index in [9.17, 15) is 8.42 Å². The largest absolute Gasteiger partial charge is 0.467 e. The van der Waals surface area contributed by atoms with Crippen molar-refractivity contribution in [3.8, 4) is 12.0 Å².